The maximum Gasteiger partial charge on any atom is 0.410 e. The normalized spacial score (nSPS) is 34.4. The lowest BCUT2D eigenvalue weighted by Crippen LogP contribution is -2.37. The number of oxime groups is 1. The summed E-state index contributed by atoms with van der Waals surface area (Å²) < 4.78 is 5.42. The van der Waals surface area contributed by atoms with Crippen LogP contribution in [-0.2, 0) is 9.57 Å². The van der Waals surface area contributed by atoms with Crippen LogP contribution < -0.4 is 0 Å². The van der Waals surface area contributed by atoms with Gasteiger partial charge in [-0.15, -0.1) is 0 Å². The van der Waals surface area contributed by atoms with Gasteiger partial charge in [-0.2, -0.15) is 0 Å². The number of fused-ring (bicyclic) bond motifs is 1. The van der Waals surface area contributed by atoms with Crippen LogP contribution in [0, 0.1) is 17.8 Å². The Morgan fingerprint density at radius 1 is 1.35 bits per heavy atom. The largest absolute Gasteiger partial charge is 0.444 e. The molecule has 0 spiro atoms. The van der Waals surface area contributed by atoms with E-state index in [4.69, 9.17) is 9.57 Å². The topological polar surface area (TPSA) is 51.1 Å². The van der Waals surface area contributed by atoms with E-state index >= 15 is 0 Å². The molecular formula is C15H24N2O3. The third-order valence-electron chi connectivity index (χ3n) is 4.25. The van der Waals surface area contributed by atoms with Crippen molar-refractivity contribution in [2.45, 2.75) is 52.2 Å². The van der Waals surface area contributed by atoms with E-state index in [0.717, 1.165) is 19.5 Å². The van der Waals surface area contributed by atoms with E-state index in [9.17, 15) is 4.79 Å². The molecule has 1 aliphatic carbocycles. The lowest BCUT2D eigenvalue weighted by molar-refractivity contribution is 0.0123. The molecule has 2 unspecified atom stereocenters. The van der Waals surface area contributed by atoms with Gasteiger partial charge in [-0.05, 0) is 46.5 Å². The second kappa shape index (κ2) is 4.12. The molecule has 112 valence electrons. The van der Waals surface area contributed by atoms with Gasteiger partial charge in [0.05, 0.1) is 5.71 Å². The first kappa shape index (κ1) is 13.7. The standard InChI is InChI=1S/C15H24N2O3/c1-14(2,3)19-13(18)17-7-9-10(8-17)12(9)11-6-15(4,5)20-16-11/h9-10,12H,6-8H2,1-5H3. The van der Waals surface area contributed by atoms with Crippen LogP contribution in [0.4, 0.5) is 4.79 Å². The van der Waals surface area contributed by atoms with Crippen molar-refractivity contribution in [1.29, 1.82) is 0 Å². The number of hydrogen-bond acceptors (Lipinski definition) is 4. The zero-order valence-corrected chi connectivity index (χ0v) is 13.0. The van der Waals surface area contributed by atoms with Crippen molar-refractivity contribution in [2.24, 2.45) is 22.9 Å². The number of ether oxygens (including phenoxy) is 1. The van der Waals surface area contributed by atoms with Crippen LogP contribution in [-0.4, -0.2) is 41.0 Å². The minimum absolute atomic E-state index is 0.156. The highest BCUT2D eigenvalue weighted by Gasteiger charge is 2.60. The van der Waals surface area contributed by atoms with E-state index in [1.54, 1.807) is 0 Å². The number of carbonyl (C=O) groups excluding carboxylic acids is 1. The SMILES string of the molecule is CC(C)(C)OC(=O)N1CC2C(C1)C2C1=NOC(C)(C)C1. The molecule has 5 heteroatoms. The Balaban J connectivity index is 1.53. The summed E-state index contributed by atoms with van der Waals surface area (Å²) in [6, 6.07) is 0. The molecule has 20 heavy (non-hydrogen) atoms. The highest BCUT2D eigenvalue weighted by molar-refractivity contribution is 5.91. The minimum atomic E-state index is -0.420. The van der Waals surface area contributed by atoms with Crippen molar-refractivity contribution in [3.8, 4) is 0 Å². The Kier molecular flexibility index (Phi) is 2.82. The number of carbonyl (C=O) groups is 1. The van der Waals surface area contributed by atoms with E-state index in [1.165, 1.54) is 5.71 Å². The van der Waals surface area contributed by atoms with Crippen LogP contribution in [0.1, 0.15) is 41.0 Å². The molecule has 0 N–H and O–H groups in total. The molecule has 0 aromatic heterocycles. The Bertz CT molecular complexity index is 452. The first-order valence-corrected chi connectivity index (χ1v) is 7.39. The van der Waals surface area contributed by atoms with Gasteiger partial charge < -0.3 is 14.5 Å². The maximum atomic E-state index is 12.0. The summed E-state index contributed by atoms with van der Waals surface area (Å²) >= 11 is 0. The zero-order chi connectivity index (χ0) is 14.7. The molecule has 1 saturated heterocycles. The molecule has 2 aliphatic heterocycles. The molecule has 3 aliphatic rings. The summed E-state index contributed by atoms with van der Waals surface area (Å²) in [5.41, 5.74) is 0.613. The van der Waals surface area contributed by atoms with Gasteiger partial charge in [0.15, 0.2) is 0 Å². The molecule has 1 saturated carbocycles. The van der Waals surface area contributed by atoms with E-state index in [0.29, 0.717) is 17.8 Å². The van der Waals surface area contributed by atoms with Crippen molar-refractivity contribution in [1.82, 2.24) is 4.90 Å². The number of rotatable bonds is 1. The summed E-state index contributed by atoms with van der Waals surface area (Å²) in [4.78, 5) is 19.3. The molecule has 2 atom stereocenters. The Morgan fingerprint density at radius 2 is 1.95 bits per heavy atom. The quantitative estimate of drug-likeness (QED) is 0.742. The monoisotopic (exact) mass is 280 g/mol. The summed E-state index contributed by atoms with van der Waals surface area (Å²) in [6.45, 7) is 11.4. The summed E-state index contributed by atoms with van der Waals surface area (Å²) in [5.74, 6) is 1.63. The van der Waals surface area contributed by atoms with E-state index in [-0.39, 0.29) is 11.7 Å². The second-order valence-electron chi connectivity index (χ2n) is 7.85. The highest BCUT2D eigenvalue weighted by atomic mass is 16.7. The molecule has 3 rings (SSSR count). The van der Waals surface area contributed by atoms with Crippen molar-refractivity contribution in [3.63, 3.8) is 0 Å². The van der Waals surface area contributed by atoms with Gasteiger partial charge in [-0.25, -0.2) is 4.79 Å². The first-order chi connectivity index (χ1) is 9.16. The fraction of sp³-hybridized carbons (Fsp3) is 0.867. The lowest BCUT2D eigenvalue weighted by Gasteiger charge is -2.25. The van der Waals surface area contributed by atoms with Crippen LogP contribution in [0.25, 0.3) is 0 Å². The average Bonchev–Trinajstić information content (AvgIpc) is 2.67. The Hall–Kier alpha value is -1.26. The molecule has 0 aromatic rings. The molecule has 0 bridgehead atoms. The summed E-state index contributed by atoms with van der Waals surface area (Å²) in [7, 11) is 0. The van der Waals surface area contributed by atoms with Gasteiger partial charge >= 0.3 is 6.09 Å². The molecule has 5 nitrogen and oxygen atoms in total. The molecule has 0 radical (unpaired) electrons. The lowest BCUT2D eigenvalue weighted by atomic mass is 9.98. The Morgan fingerprint density at radius 3 is 2.40 bits per heavy atom. The third kappa shape index (κ3) is 2.50. The molecule has 2 fully saturated rings. The van der Waals surface area contributed by atoms with Crippen LogP contribution in [0.5, 0.6) is 0 Å². The number of amides is 1. The summed E-state index contributed by atoms with van der Waals surface area (Å²) in [5, 5.41) is 4.24. The number of piperidine rings is 1. The van der Waals surface area contributed by atoms with E-state index in [1.807, 2.05) is 25.7 Å². The third-order valence-corrected chi connectivity index (χ3v) is 4.25. The van der Waals surface area contributed by atoms with Crippen LogP contribution >= 0.6 is 0 Å². The predicted octanol–water partition coefficient (Wildman–Crippen LogP) is 2.65. The summed E-state index contributed by atoms with van der Waals surface area (Å²) in [6.07, 6.45) is 0.727. The fourth-order valence-corrected chi connectivity index (χ4v) is 3.36. The number of hydrogen-bond donors (Lipinski definition) is 0. The van der Waals surface area contributed by atoms with Gasteiger partial charge in [0.25, 0.3) is 0 Å². The van der Waals surface area contributed by atoms with E-state index < -0.39 is 5.60 Å². The van der Waals surface area contributed by atoms with Gasteiger partial charge in [0.1, 0.15) is 11.2 Å². The molecule has 1 amide bonds. The second-order valence-corrected chi connectivity index (χ2v) is 7.85. The molecular weight excluding hydrogens is 256 g/mol. The molecule has 2 heterocycles. The minimum Gasteiger partial charge on any atom is -0.444 e. The predicted molar refractivity (Wildman–Crippen MR) is 75.5 cm³/mol. The van der Waals surface area contributed by atoms with Crippen LogP contribution in [0.15, 0.2) is 5.16 Å². The van der Waals surface area contributed by atoms with Crippen LogP contribution in [0.3, 0.4) is 0 Å². The zero-order valence-electron chi connectivity index (χ0n) is 13.0. The highest BCUT2D eigenvalue weighted by Crippen LogP contribution is 2.54. The first-order valence-electron chi connectivity index (χ1n) is 7.39. The smallest absolute Gasteiger partial charge is 0.410 e. The van der Waals surface area contributed by atoms with Gasteiger partial charge in [-0.1, -0.05) is 5.16 Å². The van der Waals surface area contributed by atoms with Gasteiger partial charge in [-0.3, -0.25) is 0 Å². The van der Waals surface area contributed by atoms with Crippen molar-refractivity contribution in [2.75, 3.05) is 13.1 Å². The van der Waals surface area contributed by atoms with Gasteiger partial charge in [0, 0.05) is 25.4 Å². The van der Waals surface area contributed by atoms with Crippen molar-refractivity contribution >= 4 is 11.8 Å². The van der Waals surface area contributed by atoms with Crippen molar-refractivity contribution in [3.05, 3.63) is 0 Å². The van der Waals surface area contributed by atoms with Crippen molar-refractivity contribution < 1.29 is 14.4 Å². The Labute approximate surface area is 120 Å². The molecule has 0 aromatic carbocycles. The number of nitrogens with zero attached hydrogens (tertiary/aromatic N) is 2. The van der Waals surface area contributed by atoms with E-state index in [2.05, 4.69) is 19.0 Å². The average molecular weight is 280 g/mol. The van der Waals surface area contributed by atoms with Gasteiger partial charge in [0.2, 0.25) is 0 Å². The maximum absolute atomic E-state index is 12.0. The number of likely N-dealkylation sites (tertiary alicyclic amines) is 1. The van der Waals surface area contributed by atoms with Crippen LogP contribution in [0.2, 0.25) is 0 Å². The fourth-order valence-electron chi connectivity index (χ4n) is 3.36.